The lowest BCUT2D eigenvalue weighted by atomic mass is 10.0. The fourth-order valence-electron chi connectivity index (χ4n) is 6.65. The molecule has 0 saturated heterocycles. The molecule has 2 aromatic carbocycles. The molecule has 0 aliphatic heterocycles. The summed E-state index contributed by atoms with van der Waals surface area (Å²) >= 11 is 0. The molecule has 0 radical (unpaired) electrons. The summed E-state index contributed by atoms with van der Waals surface area (Å²) in [5.41, 5.74) is 5.66. The molecule has 0 spiro atoms. The lowest BCUT2D eigenvalue weighted by molar-refractivity contribution is -0.923. The number of quaternary nitrogens is 2. The second kappa shape index (κ2) is 21.1. The second-order valence-electron chi connectivity index (χ2n) is 14.1. The van der Waals surface area contributed by atoms with Crippen molar-refractivity contribution >= 4 is 0 Å². The van der Waals surface area contributed by atoms with Crippen molar-refractivity contribution in [1.29, 1.82) is 0 Å². The zero-order valence-electron chi connectivity index (χ0n) is 29.1. The molecule has 0 N–H and O–H groups in total. The highest BCUT2D eigenvalue weighted by Crippen LogP contribution is 2.24. The van der Waals surface area contributed by atoms with Crippen LogP contribution < -0.4 is 0 Å². The van der Waals surface area contributed by atoms with Crippen molar-refractivity contribution in [2.75, 3.05) is 40.3 Å². The molecule has 2 rings (SSSR count). The van der Waals surface area contributed by atoms with Crippen LogP contribution in [0.1, 0.15) is 142 Å². The molecule has 42 heavy (non-hydrogen) atoms. The van der Waals surface area contributed by atoms with Gasteiger partial charge in [0.05, 0.1) is 40.3 Å². The summed E-state index contributed by atoms with van der Waals surface area (Å²) in [5, 5.41) is 0. The van der Waals surface area contributed by atoms with Gasteiger partial charge in [0.1, 0.15) is 13.1 Å². The van der Waals surface area contributed by atoms with Crippen LogP contribution in [-0.2, 0) is 13.1 Å². The summed E-state index contributed by atoms with van der Waals surface area (Å²) in [7, 11) is 4.99. The molecule has 0 saturated carbocycles. The number of nitrogens with zero attached hydrogens (tertiary/aromatic N) is 2. The van der Waals surface area contributed by atoms with Gasteiger partial charge >= 0.3 is 0 Å². The van der Waals surface area contributed by atoms with E-state index >= 15 is 0 Å². The molecule has 2 nitrogen and oxygen atoms in total. The van der Waals surface area contributed by atoms with Crippen LogP contribution in [-0.4, -0.2) is 49.2 Å². The number of rotatable bonds is 25. The minimum Gasteiger partial charge on any atom is -0.322 e. The van der Waals surface area contributed by atoms with Crippen molar-refractivity contribution < 1.29 is 8.97 Å². The monoisotopic (exact) mass is 579 g/mol. The second-order valence-corrected chi connectivity index (χ2v) is 14.1. The van der Waals surface area contributed by atoms with E-state index in [0.717, 1.165) is 13.1 Å². The summed E-state index contributed by atoms with van der Waals surface area (Å²) in [4.78, 5) is 0. The van der Waals surface area contributed by atoms with E-state index in [4.69, 9.17) is 0 Å². The molecule has 0 aromatic heterocycles. The summed E-state index contributed by atoms with van der Waals surface area (Å²) in [6, 6.07) is 19.0. The standard InChI is InChI=1S/C40H70N2/c1-7-11-15-17-19-21-33-41(5,31-13-9-3)35-37-23-27-39(28-24-37)40-29-25-38(26-30-40)36-42(6,32-14-10-4)34-22-20-18-16-12-8-2/h23-30H,7-22,31-36H2,1-6H3/q+2. The Bertz CT molecular complexity index is 840. The Balaban J connectivity index is 1.97. The van der Waals surface area contributed by atoms with Gasteiger partial charge in [0, 0.05) is 11.1 Å². The zero-order valence-corrected chi connectivity index (χ0v) is 29.1. The smallest absolute Gasteiger partial charge is 0.104 e. The highest BCUT2D eigenvalue weighted by atomic mass is 15.3. The predicted octanol–water partition coefficient (Wildman–Crippen LogP) is 11.6. The molecule has 2 atom stereocenters. The van der Waals surface area contributed by atoms with Crippen LogP contribution in [0.15, 0.2) is 48.5 Å². The first-order chi connectivity index (χ1) is 20.4. The van der Waals surface area contributed by atoms with E-state index in [1.54, 1.807) is 0 Å². The first kappa shape index (κ1) is 36.6. The van der Waals surface area contributed by atoms with E-state index in [-0.39, 0.29) is 0 Å². The summed E-state index contributed by atoms with van der Waals surface area (Å²) in [5.74, 6) is 0. The van der Waals surface area contributed by atoms with Gasteiger partial charge in [0.2, 0.25) is 0 Å². The minimum absolute atomic E-state index is 1.15. The first-order valence-corrected chi connectivity index (χ1v) is 18.2. The van der Waals surface area contributed by atoms with Crippen molar-refractivity contribution in [2.24, 2.45) is 0 Å². The third-order valence-electron chi connectivity index (χ3n) is 9.58. The Morgan fingerprint density at radius 3 is 0.976 bits per heavy atom. The minimum atomic E-state index is 1.15. The van der Waals surface area contributed by atoms with Crippen molar-refractivity contribution in [1.82, 2.24) is 0 Å². The number of benzene rings is 2. The van der Waals surface area contributed by atoms with Crippen LogP contribution in [0.4, 0.5) is 0 Å². The van der Waals surface area contributed by atoms with Gasteiger partial charge in [-0.3, -0.25) is 0 Å². The van der Waals surface area contributed by atoms with E-state index in [1.807, 2.05) is 0 Å². The maximum atomic E-state index is 2.49. The van der Waals surface area contributed by atoms with Gasteiger partial charge < -0.3 is 8.97 Å². The Morgan fingerprint density at radius 1 is 0.357 bits per heavy atom. The van der Waals surface area contributed by atoms with E-state index in [2.05, 4.69) is 90.3 Å². The predicted molar refractivity (Wildman–Crippen MR) is 188 cm³/mol. The summed E-state index contributed by atoms with van der Waals surface area (Å²) in [6.07, 6.45) is 21.8. The van der Waals surface area contributed by atoms with E-state index in [0.29, 0.717) is 0 Å². The molecule has 0 fully saturated rings. The highest BCUT2D eigenvalue weighted by Gasteiger charge is 2.22. The molecule has 2 aromatic rings. The van der Waals surface area contributed by atoms with Crippen LogP contribution in [0.25, 0.3) is 11.1 Å². The molecule has 238 valence electrons. The maximum Gasteiger partial charge on any atom is 0.104 e. The van der Waals surface area contributed by atoms with E-state index in [1.165, 1.54) is 160 Å². The molecule has 2 unspecified atom stereocenters. The lowest BCUT2D eigenvalue weighted by Gasteiger charge is -2.35. The first-order valence-electron chi connectivity index (χ1n) is 18.2. The summed E-state index contributed by atoms with van der Waals surface area (Å²) < 4.78 is 2.37. The molecule has 0 bridgehead atoms. The molecule has 0 heterocycles. The zero-order chi connectivity index (χ0) is 30.5. The highest BCUT2D eigenvalue weighted by molar-refractivity contribution is 5.63. The van der Waals surface area contributed by atoms with Crippen LogP contribution in [0.5, 0.6) is 0 Å². The number of hydrogen-bond donors (Lipinski definition) is 0. The quantitative estimate of drug-likeness (QED) is 0.0812. The van der Waals surface area contributed by atoms with Crippen LogP contribution >= 0.6 is 0 Å². The van der Waals surface area contributed by atoms with Gasteiger partial charge in [0.25, 0.3) is 0 Å². The van der Waals surface area contributed by atoms with Crippen LogP contribution in [0.3, 0.4) is 0 Å². The van der Waals surface area contributed by atoms with Gasteiger partial charge in [-0.2, -0.15) is 0 Å². The van der Waals surface area contributed by atoms with E-state index < -0.39 is 0 Å². The maximum absolute atomic E-state index is 2.49. The lowest BCUT2D eigenvalue weighted by Crippen LogP contribution is -2.44. The van der Waals surface area contributed by atoms with E-state index in [9.17, 15) is 0 Å². The Labute approximate surface area is 263 Å². The molecule has 2 heteroatoms. The Hall–Kier alpha value is -1.64. The normalized spacial score (nSPS) is 14.5. The van der Waals surface area contributed by atoms with Crippen molar-refractivity contribution in [3.63, 3.8) is 0 Å². The van der Waals surface area contributed by atoms with Gasteiger partial charge in [-0.05, 0) is 49.7 Å². The molecule has 0 aliphatic carbocycles. The van der Waals surface area contributed by atoms with Gasteiger partial charge in [-0.25, -0.2) is 0 Å². The van der Waals surface area contributed by atoms with Crippen molar-refractivity contribution in [3.8, 4) is 11.1 Å². The third-order valence-corrected chi connectivity index (χ3v) is 9.58. The molecular formula is C40H70N2+2. The molecule has 0 amide bonds. The fourth-order valence-corrected chi connectivity index (χ4v) is 6.65. The summed E-state index contributed by atoms with van der Waals surface area (Å²) in [6.45, 7) is 16.8. The largest absolute Gasteiger partial charge is 0.322 e. The molecule has 0 aliphatic rings. The topological polar surface area (TPSA) is 0 Å². The average Bonchev–Trinajstić information content (AvgIpc) is 2.99. The van der Waals surface area contributed by atoms with Gasteiger partial charge in [0.15, 0.2) is 0 Å². The fraction of sp³-hybridized carbons (Fsp3) is 0.700. The molecular weight excluding hydrogens is 508 g/mol. The number of hydrogen-bond acceptors (Lipinski definition) is 0. The third kappa shape index (κ3) is 14.7. The number of unbranched alkanes of at least 4 members (excludes halogenated alkanes) is 12. The van der Waals surface area contributed by atoms with Crippen molar-refractivity contribution in [2.45, 2.75) is 144 Å². The Kier molecular flexibility index (Phi) is 18.4. The SMILES string of the molecule is CCCCCCCC[N+](C)(CCCC)Cc1ccc(-c2ccc(C[N+](C)(CCCC)CCCCCCCC)cc2)cc1. The van der Waals surface area contributed by atoms with Crippen LogP contribution in [0, 0.1) is 0 Å². The van der Waals surface area contributed by atoms with Crippen molar-refractivity contribution in [3.05, 3.63) is 59.7 Å². The average molecular weight is 579 g/mol. The van der Waals surface area contributed by atoms with Gasteiger partial charge in [-0.1, -0.05) is 140 Å². The van der Waals surface area contributed by atoms with Crippen LogP contribution in [0.2, 0.25) is 0 Å². The Morgan fingerprint density at radius 2 is 0.643 bits per heavy atom. The van der Waals surface area contributed by atoms with Gasteiger partial charge in [-0.15, -0.1) is 0 Å².